The lowest BCUT2D eigenvalue weighted by Crippen LogP contribution is -2.45. The van der Waals surface area contributed by atoms with Crippen LogP contribution in [0.2, 0.25) is 5.02 Å². The Hall–Kier alpha value is -2.51. The summed E-state index contributed by atoms with van der Waals surface area (Å²) < 4.78 is 17.0. The van der Waals surface area contributed by atoms with E-state index in [2.05, 4.69) is 24.4 Å². The second kappa shape index (κ2) is 10.0. The van der Waals surface area contributed by atoms with Crippen LogP contribution in [0.15, 0.2) is 35.9 Å². The Morgan fingerprint density at radius 1 is 1.26 bits per heavy atom. The molecule has 3 aliphatic rings. The Morgan fingerprint density at radius 2 is 2.06 bits per heavy atom. The van der Waals surface area contributed by atoms with E-state index in [1.54, 1.807) is 19.1 Å². The summed E-state index contributed by atoms with van der Waals surface area (Å²) in [6.07, 6.45) is 9.26. The van der Waals surface area contributed by atoms with Crippen LogP contribution in [-0.4, -0.2) is 50.0 Å². The van der Waals surface area contributed by atoms with E-state index in [0.717, 1.165) is 24.0 Å². The molecule has 2 fully saturated rings. The van der Waals surface area contributed by atoms with Crippen LogP contribution in [0.1, 0.15) is 51.5 Å². The summed E-state index contributed by atoms with van der Waals surface area (Å²) in [4.78, 5) is 26.7. The number of ether oxygens (including phenoxy) is 3. The number of allylic oxidation sites excluding steroid dienone is 3. The summed E-state index contributed by atoms with van der Waals surface area (Å²) in [6.45, 7) is 4.07. The van der Waals surface area contributed by atoms with Crippen LogP contribution in [0.3, 0.4) is 0 Å². The van der Waals surface area contributed by atoms with Gasteiger partial charge in [0.05, 0.1) is 24.5 Å². The summed E-state index contributed by atoms with van der Waals surface area (Å²) in [5.41, 5.74) is 2.40. The van der Waals surface area contributed by atoms with Gasteiger partial charge in [0.25, 0.3) is 0 Å². The maximum absolute atomic E-state index is 13.1. The van der Waals surface area contributed by atoms with Crippen LogP contribution in [0, 0.1) is 0 Å². The number of nitrogens with zero attached hydrogens (tertiary/aromatic N) is 1. The summed E-state index contributed by atoms with van der Waals surface area (Å²) in [5, 5.41) is 3.33. The number of epoxide rings is 1. The molecule has 2 amide bonds. The highest BCUT2D eigenvalue weighted by molar-refractivity contribution is 6.35. The van der Waals surface area contributed by atoms with Crippen LogP contribution in [0.4, 0.5) is 10.5 Å². The average Bonchev–Trinajstić information content (AvgIpc) is 3.43. The van der Waals surface area contributed by atoms with Crippen molar-refractivity contribution in [2.24, 2.45) is 0 Å². The maximum atomic E-state index is 13.1. The average molecular weight is 489 g/mol. The SMILES string of the molecule is COc1cc2cc(c1Cl)N(C)C(=O)CCC1(C)OC1CC1CC(C/C=C/C=C(\C)C2)NC(=O)O1. The van der Waals surface area contributed by atoms with Gasteiger partial charge in [0.1, 0.15) is 16.9 Å². The first-order valence-electron chi connectivity index (χ1n) is 11.8. The van der Waals surface area contributed by atoms with Crippen LogP contribution in [0.5, 0.6) is 5.75 Å². The molecule has 0 saturated carbocycles. The molecular weight excluding hydrogens is 456 g/mol. The zero-order valence-electron chi connectivity index (χ0n) is 20.2. The lowest BCUT2D eigenvalue weighted by molar-refractivity contribution is -0.118. The minimum atomic E-state index is -0.392. The van der Waals surface area contributed by atoms with Gasteiger partial charge in [0.2, 0.25) is 5.91 Å². The summed E-state index contributed by atoms with van der Waals surface area (Å²) in [5.74, 6) is 0.502. The fourth-order valence-corrected chi connectivity index (χ4v) is 5.08. The fraction of sp³-hybridized carbons (Fsp3) is 0.538. The van der Waals surface area contributed by atoms with E-state index in [-0.39, 0.29) is 30.3 Å². The van der Waals surface area contributed by atoms with Crippen molar-refractivity contribution in [2.75, 3.05) is 19.1 Å². The first-order valence-corrected chi connectivity index (χ1v) is 12.2. The lowest BCUT2D eigenvalue weighted by Gasteiger charge is -2.29. The van der Waals surface area contributed by atoms with Crippen LogP contribution < -0.4 is 15.0 Å². The second-order valence-corrected chi connectivity index (χ2v) is 10.1. The van der Waals surface area contributed by atoms with Crippen molar-refractivity contribution < 1.29 is 23.8 Å². The first kappa shape index (κ1) is 24.6. The molecule has 4 unspecified atom stereocenters. The number of hydrogen-bond donors (Lipinski definition) is 1. The third-order valence-corrected chi connectivity index (χ3v) is 7.33. The van der Waals surface area contributed by atoms with Gasteiger partial charge in [-0.25, -0.2) is 4.79 Å². The van der Waals surface area contributed by atoms with Gasteiger partial charge >= 0.3 is 6.09 Å². The Morgan fingerprint density at radius 3 is 2.82 bits per heavy atom. The third kappa shape index (κ3) is 5.58. The van der Waals surface area contributed by atoms with Crippen molar-refractivity contribution >= 4 is 29.3 Å². The predicted molar refractivity (Wildman–Crippen MR) is 132 cm³/mol. The van der Waals surface area contributed by atoms with E-state index in [1.165, 1.54) is 0 Å². The van der Waals surface area contributed by atoms with E-state index in [0.29, 0.717) is 42.1 Å². The number of carbonyl (C=O) groups excluding carboxylic acids is 2. The number of benzene rings is 1. The Labute approximate surface area is 206 Å². The molecule has 0 aromatic heterocycles. The molecule has 2 saturated heterocycles. The second-order valence-electron chi connectivity index (χ2n) is 9.70. The molecule has 1 N–H and O–H groups in total. The summed E-state index contributed by atoms with van der Waals surface area (Å²) in [7, 11) is 3.32. The van der Waals surface area contributed by atoms with Crippen molar-refractivity contribution in [1.29, 1.82) is 0 Å². The largest absolute Gasteiger partial charge is 0.495 e. The first-order chi connectivity index (χ1) is 16.2. The number of halogens is 1. The molecule has 4 atom stereocenters. The highest BCUT2D eigenvalue weighted by atomic mass is 35.5. The number of methoxy groups -OCH3 is 1. The Balaban J connectivity index is 1.61. The number of hydrogen-bond acceptors (Lipinski definition) is 5. The molecule has 3 aliphatic heterocycles. The molecule has 4 bridgehead atoms. The predicted octanol–water partition coefficient (Wildman–Crippen LogP) is 4.96. The monoisotopic (exact) mass is 488 g/mol. The standard InChI is InChI=1S/C26H33ClN2O5/c1-16-7-5-6-8-18-14-19(33-25(31)28-18)15-22-26(2,34-22)10-9-23(30)29(3)20-12-17(11-16)13-21(32-4)24(20)27/h5-7,12-13,18-19,22H,8-11,14-15H2,1-4H3,(H,28,31)/b6-5+,16-7+. The van der Waals surface area contributed by atoms with Crippen LogP contribution in [0.25, 0.3) is 0 Å². The number of alkyl carbamates (subject to hydrolysis) is 1. The van der Waals surface area contributed by atoms with Gasteiger partial charge in [-0.15, -0.1) is 0 Å². The minimum Gasteiger partial charge on any atom is -0.495 e. The van der Waals surface area contributed by atoms with E-state index in [4.69, 9.17) is 25.8 Å². The number of amides is 2. The number of rotatable bonds is 1. The molecule has 4 rings (SSSR count). The Kier molecular flexibility index (Phi) is 7.24. The summed E-state index contributed by atoms with van der Waals surface area (Å²) in [6, 6.07) is 3.89. The number of fused-ring (bicyclic) bond motifs is 5. The number of nitrogens with one attached hydrogen (secondary N) is 1. The third-order valence-electron chi connectivity index (χ3n) is 6.95. The van der Waals surface area contributed by atoms with Crippen LogP contribution >= 0.6 is 11.6 Å². The molecule has 1 aromatic rings. The van der Waals surface area contributed by atoms with E-state index >= 15 is 0 Å². The molecule has 184 valence electrons. The van der Waals surface area contributed by atoms with Gasteiger partial charge in [-0.1, -0.05) is 35.4 Å². The van der Waals surface area contributed by atoms with E-state index in [1.807, 2.05) is 25.1 Å². The number of carbonyl (C=O) groups is 2. The fourth-order valence-electron chi connectivity index (χ4n) is 4.77. The van der Waals surface area contributed by atoms with Gasteiger partial charge in [0, 0.05) is 32.4 Å². The molecule has 7 nitrogen and oxygen atoms in total. The maximum Gasteiger partial charge on any atom is 0.407 e. The van der Waals surface area contributed by atoms with Crippen molar-refractivity contribution in [1.82, 2.24) is 5.32 Å². The van der Waals surface area contributed by atoms with Crippen molar-refractivity contribution in [3.05, 3.63) is 46.5 Å². The lowest BCUT2D eigenvalue weighted by atomic mass is 9.94. The molecular formula is C26H33ClN2O5. The molecule has 1 aromatic carbocycles. The zero-order chi connectivity index (χ0) is 24.5. The topological polar surface area (TPSA) is 80.4 Å². The molecule has 0 radical (unpaired) electrons. The highest BCUT2D eigenvalue weighted by Crippen LogP contribution is 2.44. The van der Waals surface area contributed by atoms with Crippen molar-refractivity contribution in [3.8, 4) is 5.75 Å². The molecule has 0 spiro atoms. The van der Waals surface area contributed by atoms with Gasteiger partial charge in [-0.05, 0) is 50.8 Å². The van der Waals surface area contributed by atoms with Crippen molar-refractivity contribution in [2.45, 2.75) is 76.2 Å². The van der Waals surface area contributed by atoms with Crippen molar-refractivity contribution in [3.63, 3.8) is 0 Å². The quantitative estimate of drug-likeness (QED) is 0.565. The molecule has 8 heteroatoms. The van der Waals surface area contributed by atoms with E-state index < -0.39 is 5.60 Å². The summed E-state index contributed by atoms with van der Waals surface area (Å²) >= 11 is 6.58. The molecule has 3 heterocycles. The van der Waals surface area contributed by atoms with Gasteiger partial charge in [0.15, 0.2) is 0 Å². The molecule has 0 aliphatic carbocycles. The number of anilines is 1. The highest BCUT2D eigenvalue weighted by Gasteiger charge is 2.53. The van der Waals surface area contributed by atoms with Gasteiger partial charge in [-0.3, -0.25) is 4.79 Å². The van der Waals surface area contributed by atoms with Gasteiger partial charge < -0.3 is 24.4 Å². The van der Waals surface area contributed by atoms with Crippen LogP contribution in [-0.2, 0) is 20.7 Å². The molecule has 34 heavy (non-hydrogen) atoms. The van der Waals surface area contributed by atoms with E-state index in [9.17, 15) is 9.59 Å². The normalized spacial score (nSPS) is 32.6. The minimum absolute atomic E-state index is 0.0293. The van der Waals surface area contributed by atoms with Gasteiger partial charge in [-0.2, -0.15) is 0 Å². The Bertz CT molecular complexity index is 1020. The smallest absolute Gasteiger partial charge is 0.407 e. The zero-order valence-corrected chi connectivity index (χ0v) is 21.0.